The third-order valence-electron chi connectivity index (χ3n) is 4.42. The van der Waals surface area contributed by atoms with Gasteiger partial charge in [-0.05, 0) is 56.5 Å². The van der Waals surface area contributed by atoms with Gasteiger partial charge in [-0.3, -0.25) is 0 Å². The molecule has 0 saturated carbocycles. The van der Waals surface area contributed by atoms with E-state index in [-0.39, 0.29) is 5.82 Å². The summed E-state index contributed by atoms with van der Waals surface area (Å²) in [4.78, 5) is 10.7. The number of halogens is 1. The molecule has 1 aliphatic heterocycles. The van der Waals surface area contributed by atoms with Crippen molar-refractivity contribution in [2.45, 2.75) is 19.8 Å². The Balaban J connectivity index is 1.68. The Morgan fingerprint density at radius 3 is 2.79 bits per heavy atom. The number of benzene rings is 1. The van der Waals surface area contributed by atoms with E-state index >= 15 is 0 Å². The van der Waals surface area contributed by atoms with Crippen LogP contribution in [0.3, 0.4) is 0 Å². The van der Waals surface area contributed by atoms with Crippen LogP contribution in [-0.4, -0.2) is 36.6 Å². The Morgan fingerprint density at radius 1 is 1.25 bits per heavy atom. The first-order valence-corrected chi connectivity index (χ1v) is 8.39. The summed E-state index contributed by atoms with van der Waals surface area (Å²) in [5.74, 6) is 1.84. The van der Waals surface area contributed by atoms with Crippen molar-refractivity contribution in [1.29, 1.82) is 0 Å². The highest BCUT2D eigenvalue weighted by atomic mass is 19.1. The molecule has 24 heavy (non-hydrogen) atoms. The van der Waals surface area contributed by atoms with Gasteiger partial charge >= 0.3 is 0 Å². The summed E-state index contributed by atoms with van der Waals surface area (Å²) in [6, 6.07) is 6.97. The van der Waals surface area contributed by atoms with Gasteiger partial charge in [-0.15, -0.1) is 0 Å². The molecule has 3 rings (SSSR count). The predicted octanol–water partition coefficient (Wildman–Crippen LogP) is 3.10. The topological polar surface area (TPSA) is 53.1 Å². The Hall–Kier alpha value is -2.21. The van der Waals surface area contributed by atoms with Crippen LogP contribution in [0.2, 0.25) is 0 Å². The first kappa shape index (κ1) is 16.6. The summed E-state index contributed by atoms with van der Waals surface area (Å²) < 4.78 is 14.0. The van der Waals surface area contributed by atoms with E-state index in [0.29, 0.717) is 17.4 Å². The van der Waals surface area contributed by atoms with E-state index in [1.165, 1.54) is 25.2 Å². The number of nitrogens with zero attached hydrogens (tertiary/aromatic N) is 3. The molecule has 0 radical (unpaired) electrons. The Labute approximate surface area is 142 Å². The fraction of sp³-hybridized carbons (Fsp3) is 0.444. The summed E-state index contributed by atoms with van der Waals surface area (Å²) in [7, 11) is 2.04. The van der Waals surface area contributed by atoms with Gasteiger partial charge in [0.15, 0.2) is 0 Å². The highest BCUT2D eigenvalue weighted by Crippen LogP contribution is 2.22. The van der Waals surface area contributed by atoms with Crippen LogP contribution in [0.25, 0.3) is 0 Å². The molecule has 0 atom stereocenters. The number of aromatic nitrogens is 2. The SMILES string of the molecule is Cc1ccc(Nc2cc(N(C)CC3CCNCC3)ncn2)c(F)c1. The maximum Gasteiger partial charge on any atom is 0.146 e. The normalized spacial score (nSPS) is 15.3. The second-order valence-electron chi connectivity index (χ2n) is 6.44. The summed E-state index contributed by atoms with van der Waals surface area (Å²) in [6.07, 6.45) is 3.90. The van der Waals surface area contributed by atoms with Crippen molar-refractivity contribution < 1.29 is 4.39 Å². The molecular formula is C18H24FN5. The Kier molecular flexibility index (Phi) is 5.25. The third kappa shape index (κ3) is 4.20. The summed E-state index contributed by atoms with van der Waals surface area (Å²) >= 11 is 0. The van der Waals surface area contributed by atoms with E-state index in [9.17, 15) is 4.39 Å². The number of rotatable bonds is 5. The molecule has 0 bridgehead atoms. The van der Waals surface area contributed by atoms with Crippen LogP contribution in [0, 0.1) is 18.7 Å². The molecule has 1 aromatic heterocycles. The van der Waals surface area contributed by atoms with Gasteiger partial charge in [0, 0.05) is 19.7 Å². The second kappa shape index (κ2) is 7.57. The minimum Gasteiger partial charge on any atom is -0.359 e. The zero-order chi connectivity index (χ0) is 16.9. The molecular weight excluding hydrogens is 305 g/mol. The maximum atomic E-state index is 14.0. The number of aryl methyl sites for hydroxylation is 1. The lowest BCUT2D eigenvalue weighted by molar-refractivity contribution is 0.377. The largest absolute Gasteiger partial charge is 0.359 e. The van der Waals surface area contributed by atoms with E-state index < -0.39 is 0 Å². The van der Waals surface area contributed by atoms with Gasteiger partial charge < -0.3 is 15.5 Å². The Bertz CT molecular complexity index is 685. The molecule has 6 heteroatoms. The van der Waals surface area contributed by atoms with E-state index in [1.54, 1.807) is 6.07 Å². The summed E-state index contributed by atoms with van der Waals surface area (Å²) in [5.41, 5.74) is 1.31. The van der Waals surface area contributed by atoms with Crippen molar-refractivity contribution in [3.05, 3.63) is 42.0 Å². The molecule has 5 nitrogen and oxygen atoms in total. The Morgan fingerprint density at radius 2 is 2.04 bits per heavy atom. The zero-order valence-electron chi connectivity index (χ0n) is 14.2. The van der Waals surface area contributed by atoms with Crippen LogP contribution >= 0.6 is 0 Å². The number of anilines is 3. The van der Waals surface area contributed by atoms with Crippen LogP contribution in [0.5, 0.6) is 0 Å². The highest BCUT2D eigenvalue weighted by Gasteiger charge is 2.16. The minimum absolute atomic E-state index is 0.279. The smallest absolute Gasteiger partial charge is 0.146 e. The first-order chi connectivity index (χ1) is 11.6. The van der Waals surface area contributed by atoms with E-state index in [2.05, 4.69) is 25.5 Å². The fourth-order valence-corrected chi connectivity index (χ4v) is 3.03. The standard InChI is InChI=1S/C18H24FN5/c1-13-3-4-16(15(19)9-13)23-17-10-18(22-12-21-17)24(2)11-14-5-7-20-8-6-14/h3-4,9-10,12,14,20H,5-8,11H2,1-2H3,(H,21,22,23). The van der Waals surface area contributed by atoms with E-state index in [0.717, 1.165) is 31.0 Å². The monoisotopic (exact) mass is 329 g/mol. The molecule has 2 heterocycles. The number of hydrogen-bond donors (Lipinski definition) is 2. The van der Waals surface area contributed by atoms with Crippen molar-refractivity contribution >= 4 is 17.3 Å². The lowest BCUT2D eigenvalue weighted by Crippen LogP contribution is -2.34. The van der Waals surface area contributed by atoms with Crippen LogP contribution in [0.4, 0.5) is 21.7 Å². The van der Waals surface area contributed by atoms with Crippen molar-refractivity contribution in [2.24, 2.45) is 5.92 Å². The molecule has 2 aromatic rings. The molecule has 1 aliphatic rings. The fourth-order valence-electron chi connectivity index (χ4n) is 3.03. The van der Waals surface area contributed by atoms with E-state index in [1.807, 2.05) is 26.1 Å². The number of piperidine rings is 1. The highest BCUT2D eigenvalue weighted by molar-refractivity contribution is 5.60. The van der Waals surface area contributed by atoms with E-state index in [4.69, 9.17) is 0 Å². The van der Waals surface area contributed by atoms with Crippen molar-refractivity contribution in [3.8, 4) is 0 Å². The van der Waals surface area contributed by atoms with Gasteiger partial charge in [0.05, 0.1) is 5.69 Å². The molecule has 1 fully saturated rings. The van der Waals surface area contributed by atoms with Gasteiger partial charge in [-0.1, -0.05) is 6.07 Å². The van der Waals surface area contributed by atoms with Crippen LogP contribution in [0.1, 0.15) is 18.4 Å². The van der Waals surface area contributed by atoms with Gasteiger partial charge in [-0.25, -0.2) is 14.4 Å². The molecule has 0 unspecified atom stereocenters. The molecule has 128 valence electrons. The van der Waals surface area contributed by atoms with Gasteiger partial charge in [0.25, 0.3) is 0 Å². The quantitative estimate of drug-likeness (QED) is 0.883. The molecule has 1 aromatic carbocycles. The summed E-state index contributed by atoms with van der Waals surface area (Å²) in [5, 5.41) is 6.42. The van der Waals surface area contributed by atoms with Crippen LogP contribution in [-0.2, 0) is 0 Å². The molecule has 2 N–H and O–H groups in total. The van der Waals surface area contributed by atoms with Crippen LogP contribution < -0.4 is 15.5 Å². The zero-order valence-corrected chi connectivity index (χ0v) is 14.2. The van der Waals surface area contributed by atoms with Crippen molar-refractivity contribution in [3.63, 3.8) is 0 Å². The lowest BCUT2D eigenvalue weighted by Gasteiger charge is -2.28. The minimum atomic E-state index is -0.279. The molecule has 0 spiro atoms. The molecule has 1 saturated heterocycles. The first-order valence-electron chi connectivity index (χ1n) is 8.39. The van der Waals surface area contributed by atoms with Crippen molar-refractivity contribution in [2.75, 3.05) is 36.9 Å². The number of nitrogens with one attached hydrogen (secondary N) is 2. The molecule has 0 amide bonds. The van der Waals surface area contributed by atoms with Gasteiger partial charge in [-0.2, -0.15) is 0 Å². The average molecular weight is 329 g/mol. The lowest BCUT2D eigenvalue weighted by atomic mass is 9.98. The number of hydrogen-bond acceptors (Lipinski definition) is 5. The maximum absolute atomic E-state index is 14.0. The van der Waals surface area contributed by atoms with Gasteiger partial charge in [0.2, 0.25) is 0 Å². The second-order valence-corrected chi connectivity index (χ2v) is 6.44. The van der Waals surface area contributed by atoms with Crippen LogP contribution in [0.15, 0.2) is 30.6 Å². The van der Waals surface area contributed by atoms with Gasteiger partial charge in [0.1, 0.15) is 23.8 Å². The van der Waals surface area contributed by atoms with Crippen molar-refractivity contribution in [1.82, 2.24) is 15.3 Å². The average Bonchev–Trinajstić information content (AvgIpc) is 2.59. The third-order valence-corrected chi connectivity index (χ3v) is 4.42. The summed E-state index contributed by atoms with van der Waals surface area (Å²) in [6.45, 7) is 5.01. The molecule has 0 aliphatic carbocycles. The predicted molar refractivity (Wildman–Crippen MR) is 95.3 cm³/mol.